The van der Waals surface area contributed by atoms with E-state index in [9.17, 15) is 9.59 Å². The van der Waals surface area contributed by atoms with Crippen LogP contribution in [0.4, 0.5) is 0 Å². The maximum atomic E-state index is 12.1. The molecule has 0 radical (unpaired) electrons. The van der Waals surface area contributed by atoms with Crippen LogP contribution in [0.5, 0.6) is 0 Å². The molecule has 18 heavy (non-hydrogen) atoms. The summed E-state index contributed by atoms with van der Waals surface area (Å²) >= 11 is 0. The Morgan fingerprint density at radius 2 is 1.72 bits per heavy atom. The summed E-state index contributed by atoms with van der Waals surface area (Å²) in [5.41, 5.74) is 0. The van der Waals surface area contributed by atoms with Crippen LogP contribution >= 0.6 is 0 Å². The minimum atomic E-state index is 0.260. The predicted octanol–water partition coefficient (Wildman–Crippen LogP) is 2.44. The quantitative estimate of drug-likeness (QED) is 0.704. The Balaban J connectivity index is 1.65. The van der Waals surface area contributed by atoms with Gasteiger partial charge in [0.15, 0.2) is 0 Å². The van der Waals surface area contributed by atoms with Crippen molar-refractivity contribution in [2.75, 3.05) is 19.6 Å². The summed E-state index contributed by atoms with van der Waals surface area (Å²) < 4.78 is 0. The number of hydrogen-bond acceptors (Lipinski definition) is 3. The van der Waals surface area contributed by atoms with Gasteiger partial charge in [-0.3, -0.25) is 4.79 Å². The second-order valence-electron chi connectivity index (χ2n) is 5.87. The molecule has 3 nitrogen and oxygen atoms in total. The van der Waals surface area contributed by atoms with Crippen LogP contribution in [0, 0.1) is 11.8 Å². The molecule has 2 rings (SSSR count). The highest BCUT2D eigenvalue weighted by Crippen LogP contribution is 2.25. The van der Waals surface area contributed by atoms with Crippen molar-refractivity contribution >= 4 is 12.1 Å². The van der Waals surface area contributed by atoms with E-state index in [-0.39, 0.29) is 5.92 Å². The molecule has 0 spiro atoms. The minimum Gasteiger partial charge on any atom is -0.303 e. The fraction of sp³-hybridized carbons (Fsp3) is 0.867. The summed E-state index contributed by atoms with van der Waals surface area (Å²) in [6, 6.07) is 0. The largest absolute Gasteiger partial charge is 0.303 e. The first-order chi connectivity index (χ1) is 8.79. The molecule has 0 N–H and O–H groups in total. The zero-order valence-electron chi connectivity index (χ0n) is 11.3. The number of carbonyl (C=O) groups excluding carboxylic acids is 2. The lowest BCUT2D eigenvalue weighted by molar-refractivity contribution is -0.124. The zero-order chi connectivity index (χ0) is 12.8. The first-order valence-electron chi connectivity index (χ1n) is 7.50. The van der Waals surface area contributed by atoms with Crippen molar-refractivity contribution < 1.29 is 9.59 Å². The number of nitrogens with zero attached hydrogens (tertiary/aromatic N) is 1. The van der Waals surface area contributed by atoms with Gasteiger partial charge in [-0.05, 0) is 38.8 Å². The van der Waals surface area contributed by atoms with Gasteiger partial charge in [-0.15, -0.1) is 0 Å². The fourth-order valence-corrected chi connectivity index (χ4v) is 3.21. The Kier molecular flexibility index (Phi) is 5.36. The second-order valence-corrected chi connectivity index (χ2v) is 5.87. The van der Waals surface area contributed by atoms with Gasteiger partial charge < -0.3 is 9.69 Å². The lowest BCUT2D eigenvalue weighted by Gasteiger charge is -2.30. The van der Waals surface area contributed by atoms with Crippen LogP contribution in [-0.4, -0.2) is 36.6 Å². The Hall–Kier alpha value is -0.700. The van der Waals surface area contributed by atoms with Gasteiger partial charge in [0, 0.05) is 24.8 Å². The molecule has 102 valence electrons. The number of Topliss-reactive ketones (excluding diaryl/α,β-unsaturated/α-hetero) is 1. The molecule has 1 saturated heterocycles. The zero-order valence-corrected chi connectivity index (χ0v) is 11.3. The SMILES string of the molecule is O=CC1CCN(CCC(=O)C2CCCCC2)CC1. The average molecular weight is 251 g/mol. The predicted molar refractivity (Wildman–Crippen MR) is 71.4 cm³/mol. The van der Waals surface area contributed by atoms with Crippen molar-refractivity contribution in [3.63, 3.8) is 0 Å². The maximum Gasteiger partial charge on any atom is 0.137 e. The third kappa shape index (κ3) is 3.91. The lowest BCUT2D eigenvalue weighted by Crippen LogP contribution is -2.36. The number of ketones is 1. The van der Waals surface area contributed by atoms with Crippen molar-refractivity contribution in [2.24, 2.45) is 11.8 Å². The van der Waals surface area contributed by atoms with Crippen molar-refractivity contribution in [3.05, 3.63) is 0 Å². The first kappa shape index (κ1) is 13.7. The van der Waals surface area contributed by atoms with Gasteiger partial charge in [0.2, 0.25) is 0 Å². The summed E-state index contributed by atoms with van der Waals surface area (Å²) in [6.07, 6.45) is 9.77. The molecular weight excluding hydrogens is 226 g/mol. The molecule has 0 bridgehead atoms. The highest BCUT2D eigenvalue weighted by molar-refractivity contribution is 5.81. The third-order valence-electron chi connectivity index (χ3n) is 4.56. The fourth-order valence-electron chi connectivity index (χ4n) is 3.21. The molecular formula is C15H25NO2. The monoisotopic (exact) mass is 251 g/mol. The van der Waals surface area contributed by atoms with E-state index < -0.39 is 0 Å². The molecule has 1 saturated carbocycles. The van der Waals surface area contributed by atoms with Gasteiger partial charge >= 0.3 is 0 Å². The number of piperidine rings is 1. The van der Waals surface area contributed by atoms with E-state index in [0.717, 1.165) is 58.0 Å². The van der Waals surface area contributed by atoms with Gasteiger partial charge in [0.1, 0.15) is 12.1 Å². The number of hydrogen-bond donors (Lipinski definition) is 0. The summed E-state index contributed by atoms with van der Waals surface area (Å²) in [5, 5.41) is 0. The average Bonchev–Trinajstić information content (AvgIpc) is 2.46. The van der Waals surface area contributed by atoms with Crippen LogP contribution in [0.2, 0.25) is 0 Å². The molecule has 0 aromatic heterocycles. The van der Waals surface area contributed by atoms with Gasteiger partial charge in [-0.1, -0.05) is 19.3 Å². The normalized spacial score (nSPS) is 24.0. The molecule has 0 aromatic carbocycles. The molecule has 2 fully saturated rings. The van der Waals surface area contributed by atoms with Gasteiger partial charge in [-0.2, -0.15) is 0 Å². The number of likely N-dealkylation sites (tertiary alicyclic amines) is 1. The Morgan fingerprint density at radius 1 is 1.06 bits per heavy atom. The smallest absolute Gasteiger partial charge is 0.137 e. The summed E-state index contributed by atoms with van der Waals surface area (Å²) in [7, 11) is 0. The van der Waals surface area contributed by atoms with Gasteiger partial charge in [0.05, 0.1) is 0 Å². The highest BCUT2D eigenvalue weighted by Gasteiger charge is 2.23. The summed E-state index contributed by atoms with van der Waals surface area (Å²) in [4.78, 5) is 25.1. The van der Waals surface area contributed by atoms with Crippen LogP contribution < -0.4 is 0 Å². The van der Waals surface area contributed by atoms with E-state index in [1.165, 1.54) is 19.3 Å². The number of aldehydes is 1. The van der Waals surface area contributed by atoms with Crippen LogP contribution in [-0.2, 0) is 9.59 Å². The van der Waals surface area contributed by atoms with E-state index >= 15 is 0 Å². The second kappa shape index (κ2) is 7.03. The van der Waals surface area contributed by atoms with Crippen molar-refractivity contribution in [1.82, 2.24) is 4.90 Å². The van der Waals surface area contributed by atoms with Crippen LogP contribution in [0.3, 0.4) is 0 Å². The maximum absolute atomic E-state index is 12.1. The number of carbonyl (C=O) groups is 2. The Morgan fingerprint density at radius 3 is 2.33 bits per heavy atom. The first-order valence-corrected chi connectivity index (χ1v) is 7.50. The minimum absolute atomic E-state index is 0.260. The standard InChI is InChI=1S/C15H25NO2/c17-12-13-6-9-16(10-7-13)11-8-15(18)14-4-2-1-3-5-14/h12-14H,1-11H2. The Labute approximate surface area is 110 Å². The molecule has 1 aliphatic carbocycles. The topological polar surface area (TPSA) is 37.4 Å². The number of rotatable bonds is 5. The van der Waals surface area contributed by atoms with Crippen molar-refractivity contribution in [2.45, 2.75) is 51.4 Å². The van der Waals surface area contributed by atoms with E-state index in [0.29, 0.717) is 11.7 Å². The van der Waals surface area contributed by atoms with Gasteiger partial charge in [-0.25, -0.2) is 0 Å². The van der Waals surface area contributed by atoms with Crippen LogP contribution in [0.1, 0.15) is 51.4 Å². The molecule has 1 heterocycles. The van der Waals surface area contributed by atoms with E-state index in [4.69, 9.17) is 0 Å². The molecule has 0 atom stereocenters. The van der Waals surface area contributed by atoms with Gasteiger partial charge in [0.25, 0.3) is 0 Å². The third-order valence-corrected chi connectivity index (χ3v) is 4.56. The lowest BCUT2D eigenvalue weighted by atomic mass is 9.85. The van der Waals surface area contributed by atoms with E-state index in [1.807, 2.05) is 0 Å². The molecule has 0 aromatic rings. The molecule has 3 heteroatoms. The van der Waals surface area contributed by atoms with Crippen LogP contribution in [0.25, 0.3) is 0 Å². The molecule has 1 aliphatic heterocycles. The summed E-state index contributed by atoms with van der Waals surface area (Å²) in [5.74, 6) is 1.09. The van der Waals surface area contributed by atoms with E-state index in [1.54, 1.807) is 0 Å². The molecule has 2 aliphatic rings. The molecule has 0 unspecified atom stereocenters. The van der Waals surface area contributed by atoms with Crippen LogP contribution in [0.15, 0.2) is 0 Å². The van der Waals surface area contributed by atoms with Crippen molar-refractivity contribution in [3.8, 4) is 0 Å². The van der Waals surface area contributed by atoms with Crippen molar-refractivity contribution in [1.29, 1.82) is 0 Å². The molecule has 0 amide bonds. The highest BCUT2D eigenvalue weighted by atomic mass is 16.1. The Bertz CT molecular complexity index is 276. The van der Waals surface area contributed by atoms with E-state index in [2.05, 4.69) is 4.90 Å². The summed E-state index contributed by atoms with van der Waals surface area (Å²) in [6.45, 7) is 2.88.